The lowest BCUT2D eigenvalue weighted by Crippen LogP contribution is -2.33. The zero-order valence-electron chi connectivity index (χ0n) is 13.1. The van der Waals surface area contributed by atoms with E-state index in [-0.39, 0.29) is 5.82 Å². The number of rotatable bonds is 3. The van der Waals surface area contributed by atoms with Gasteiger partial charge in [-0.05, 0) is 42.0 Å². The van der Waals surface area contributed by atoms with Gasteiger partial charge in [-0.3, -0.25) is 10.1 Å². The van der Waals surface area contributed by atoms with Gasteiger partial charge in [0.1, 0.15) is 17.3 Å². The summed E-state index contributed by atoms with van der Waals surface area (Å²) in [5.74, 6) is 3.01. The first-order valence-electron chi connectivity index (χ1n) is 7.90. The maximum atomic E-state index is 13.3. The molecule has 1 aliphatic rings. The molecule has 1 N–H and O–H groups in total. The molecule has 0 spiro atoms. The molecule has 1 aliphatic heterocycles. The highest BCUT2D eigenvalue weighted by Crippen LogP contribution is 2.38. The summed E-state index contributed by atoms with van der Waals surface area (Å²) < 4.78 is 13.3. The van der Waals surface area contributed by atoms with Crippen LogP contribution < -0.4 is 4.90 Å². The predicted molar refractivity (Wildman–Crippen MR) is 96.8 cm³/mol. The Kier molecular flexibility index (Phi) is 4.21. The number of benzene rings is 1. The third kappa shape index (κ3) is 2.89. The van der Waals surface area contributed by atoms with Crippen LogP contribution in [0.15, 0.2) is 48.8 Å². The first-order valence-corrected chi connectivity index (χ1v) is 9.06. The van der Waals surface area contributed by atoms with Gasteiger partial charge < -0.3 is 4.90 Å². The van der Waals surface area contributed by atoms with Crippen molar-refractivity contribution < 1.29 is 4.39 Å². The molecule has 4 rings (SSSR count). The Morgan fingerprint density at radius 3 is 2.38 bits per heavy atom. The Labute approximate surface area is 144 Å². The molecule has 4 nitrogen and oxygen atoms in total. The van der Waals surface area contributed by atoms with Crippen LogP contribution in [0.1, 0.15) is 0 Å². The van der Waals surface area contributed by atoms with E-state index in [1.807, 2.05) is 23.9 Å². The Bertz CT molecular complexity index is 811. The first-order chi connectivity index (χ1) is 11.8. The number of hydrogen-bond donors (Lipinski definition) is 1. The summed E-state index contributed by atoms with van der Waals surface area (Å²) in [5.41, 5.74) is 3.86. The molecule has 0 radical (unpaired) electrons. The Morgan fingerprint density at radius 1 is 0.958 bits per heavy atom. The van der Waals surface area contributed by atoms with E-state index in [0.29, 0.717) is 0 Å². The third-order valence-electron chi connectivity index (χ3n) is 4.16. The molecule has 0 atom stereocenters. The van der Waals surface area contributed by atoms with E-state index in [1.54, 1.807) is 24.5 Å². The number of thioether (sulfide) groups is 1. The van der Waals surface area contributed by atoms with E-state index in [2.05, 4.69) is 20.1 Å². The smallest absolute Gasteiger partial charge is 0.132 e. The zero-order valence-corrected chi connectivity index (χ0v) is 13.9. The van der Waals surface area contributed by atoms with Crippen molar-refractivity contribution in [2.45, 2.75) is 0 Å². The van der Waals surface area contributed by atoms with Crippen molar-refractivity contribution in [3.8, 4) is 22.4 Å². The molecule has 0 bridgehead atoms. The van der Waals surface area contributed by atoms with Gasteiger partial charge in [-0.15, -0.1) is 0 Å². The Morgan fingerprint density at radius 2 is 1.67 bits per heavy atom. The van der Waals surface area contributed by atoms with Crippen LogP contribution in [0.25, 0.3) is 22.4 Å². The molecule has 0 aliphatic carbocycles. The zero-order chi connectivity index (χ0) is 16.4. The third-order valence-corrected chi connectivity index (χ3v) is 5.10. The molecule has 122 valence electrons. The summed E-state index contributed by atoms with van der Waals surface area (Å²) in [6, 6.07) is 10.5. The number of aromatic amines is 1. The lowest BCUT2D eigenvalue weighted by atomic mass is 10.0. The van der Waals surface area contributed by atoms with Crippen molar-refractivity contribution in [2.75, 3.05) is 29.5 Å². The van der Waals surface area contributed by atoms with Gasteiger partial charge >= 0.3 is 0 Å². The fourth-order valence-electron chi connectivity index (χ4n) is 2.96. The fourth-order valence-corrected chi connectivity index (χ4v) is 3.86. The molecular formula is C18H17FN4S. The summed E-state index contributed by atoms with van der Waals surface area (Å²) >= 11 is 1.97. The van der Waals surface area contributed by atoms with Crippen LogP contribution in [-0.2, 0) is 0 Å². The number of halogens is 1. The Hall–Kier alpha value is -2.34. The van der Waals surface area contributed by atoms with Crippen molar-refractivity contribution in [2.24, 2.45) is 0 Å². The number of pyridine rings is 1. The molecule has 1 saturated heterocycles. The van der Waals surface area contributed by atoms with Gasteiger partial charge in [-0.1, -0.05) is 0 Å². The Balaban J connectivity index is 1.84. The number of H-pyrrole nitrogens is 1. The van der Waals surface area contributed by atoms with Crippen molar-refractivity contribution in [1.82, 2.24) is 15.2 Å². The summed E-state index contributed by atoms with van der Waals surface area (Å²) in [5, 5.41) is 7.76. The minimum atomic E-state index is -0.243. The molecular weight excluding hydrogens is 323 g/mol. The fraction of sp³-hybridized carbons (Fsp3) is 0.222. The van der Waals surface area contributed by atoms with E-state index in [0.717, 1.165) is 52.8 Å². The number of aromatic nitrogens is 3. The summed E-state index contributed by atoms with van der Waals surface area (Å²) in [7, 11) is 0. The highest BCUT2D eigenvalue weighted by atomic mass is 32.2. The number of hydrogen-bond acceptors (Lipinski definition) is 4. The van der Waals surface area contributed by atoms with Gasteiger partial charge in [0.05, 0.1) is 5.56 Å². The van der Waals surface area contributed by atoms with E-state index >= 15 is 0 Å². The van der Waals surface area contributed by atoms with Crippen LogP contribution in [0.2, 0.25) is 0 Å². The molecule has 1 aromatic carbocycles. The second-order valence-corrected chi connectivity index (χ2v) is 6.86. The second-order valence-electron chi connectivity index (χ2n) is 5.64. The van der Waals surface area contributed by atoms with Crippen LogP contribution in [0, 0.1) is 5.82 Å². The largest absolute Gasteiger partial charge is 0.355 e. The normalized spacial score (nSPS) is 14.8. The predicted octanol–water partition coefficient (Wildman–Crippen LogP) is 3.83. The molecule has 6 heteroatoms. The van der Waals surface area contributed by atoms with Crippen molar-refractivity contribution >= 4 is 17.6 Å². The quantitative estimate of drug-likeness (QED) is 0.787. The number of nitrogens with zero attached hydrogens (tertiary/aromatic N) is 3. The van der Waals surface area contributed by atoms with Crippen LogP contribution in [0.5, 0.6) is 0 Å². The molecule has 3 heterocycles. The minimum Gasteiger partial charge on any atom is -0.355 e. The van der Waals surface area contributed by atoms with Gasteiger partial charge in [-0.25, -0.2) is 4.39 Å². The molecule has 3 aromatic rings. The average Bonchev–Trinajstić information content (AvgIpc) is 3.09. The van der Waals surface area contributed by atoms with Crippen LogP contribution in [0.4, 0.5) is 10.2 Å². The maximum absolute atomic E-state index is 13.3. The van der Waals surface area contributed by atoms with Crippen LogP contribution >= 0.6 is 11.8 Å². The highest BCUT2D eigenvalue weighted by molar-refractivity contribution is 7.99. The van der Waals surface area contributed by atoms with Gasteiger partial charge in [0.2, 0.25) is 0 Å². The maximum Gasteiger partial charge on any atom is 0.132 e. The number of anilines is 1. The van der Waals surface area contributed by atoms with Gasteiger partial charge in [-0.2, -0.15) is 16.9 Å². The molecule has 0 saturated carbocycles. The SMILES string of the molecule is Fc1ccc(-c2n[nH]c(N3CCSCC3)c2-c2ccncc2)cc1. The lowest BCUT2D eigenvalue weighted by molar-refractivity contribution is 0.628. The van der Waals surface area contributed by atoms with Crippen molar-refractivity contribution in [3.05, 3.63) is 54.6 Å². The standard InChI is InChI=1S/C18H17FN4S/c19-15-3-1-14(2-4-15)17-16(13-5-7-20-8-6-13)18(22-21-17)23-9-11-24-12-10-23/h1-8H,9-12H2,(H,21,22). The van der Waals surface area contributed by atoms with Gasteiger partial charge in [0.25, 0.3) is 0 Å². The van der Waals surface area contributed by atoms with E-state index in [9.17, 15) is 4.39 Å². The molecule has 0 amide bonds. The van der Waals surface area contributed by atoms with E-state index < -0.39 is 0 Å². The summed E-state index contributed by atoms with van der Waals surface area (Å²) in [4.78, 5) is 6.45. The van der Waals surface area contributed by atoms with E-state index in [4.69, 9.17) is 0 Å². The van der Waals surface area contributed by atoms with Gasteiger partial charge in [0, 0.05) is 42.6 Å². The molecule has 1 fully saturated rings. The average molecular weight is 340 g/mol. The summed E-state index contributed by atoms with van der Waals surface area (Å²) in [6.07, 6.45) is 3.57. The monoisotopic (exact) mass is 340 g/mol. The van der Waals surface area contributed by atoms with Crippen molar-refractivity contribution in [3.63, 3.8) is 0 Å². The second kappa shape index (κ2) is 6.65. The summed E-state index contributed by atoms with van der Waals surface area (Å²) in [6.45, 7) is 1.99. The topological polar surface area (TPSA) is 44.8 Å². The minimum absolute atomic E-state index is 0.243. The molecule has 0 unspecified atom stereocenters. The van der Waals surface area contributed by atoms with Gasteiger partial charge in [0.15, 0.2) is 0 Å². The molecule has 2 aromatic heterocycles. The van der Waals surface area contributed by atoms with E-state index in [1.165, 1.54) is 12.1 Å². The molecule has 24 heavy (non-hydrogen) atoms. The first kappa shape index (κ1) is 15.2. The van der Waals surface area contributed by atoms with Crippen molar-refractivity contribution in [1.29, 1.82) is 0 Å². The van der Waals surface area contributed by atoms with Crippen LogP contribution in [-0.4, -0.2) is 39.8 Å². The highest BCUT2D eigenvalue weighted by Gasteiger charge is 2.22. The lowest BCUT2D eigenvalue weighted by Gasteiger charge is -2.28. The van der Waals surface area contributed by atoms with Crippen LogP contribution in [0.3, 0.4) is 0 Å². The number of nitrogens with one attached hydrogen (secondary N) is 1.